The maximum atomic E-state index is 14.9. The van der Waals surface area contributed by atoms with Gasteiger partial charge in [0.1, 0.15) is 5.75 Å². The Morgan fingerprint density at radius 1 is 0.667 bits per heavy atom. The van der Waals surface area contributed by atoms with E-state index in [1.54, 1.807) is 24.3 Å². The Hall–Kier alpha value is -3.35. The molecule has 3 rings (SSSR count). The van der Waals surface area contributed by atoms with E-state index >= 15 is 0 Å². The van der Waals surface area contributed by atoms with E-state index in [9.17, 15) is 22.4 Å². The quantitative estimate of drug-likeness (QED) is 0.0827. The maximum Gasteiger partial charge on any atom is 0.346 e. The van der Waals surface area contributed by atoms with Gasteiger partial charge in [-0.15, -0.1) is 0 Å². The van der Waals surface area contributed by atoms with E-state index in [1.807, 2.05) is 6.92 Å². The molecule has 0 radical (unpaired) electrons. The van der Waals surface area contributed by atoms with Crippen LogP contribution in [0.15, 0.2) is 48.5 Å². The summed E-state index contributed by atoms with van der Waals surface area (Å²) in [6.45, 7) is 4.76. The molecular weight excluding hydrogens is 508 g/mol. The fraction of sp³-hybridized carbons (Fsp3) is 0.406. The molecule has 0 aliphatic heterocycles. The summed E-state index contributed by atoms with van der Waals surface area (Å²) in [6, 6.07) is 11.3. The highest BCUT2D eigenvalue weighted by Crippen LogP contribution is 2.31. The minimum atomic E-state index is -1.40. The van der Waals surface area contributed by atoms with Crippen molar-refractivity contribution in [2.45, 2.75) is 78.1 Å². The lowest BCUT2D eigenvalue weighted by Crippen LogP contribution is -2.14. The summed E-state index contributed by atoms with van der Waals surface area (Å²) in [5.74, 6) is -6.53. The standard InChI is InChI=1S/C32H36F4O3/c1-3-5-7-8-9-11-21-38-24-16-13-22(14-17-24)25-19-20-27(31(36)29(25)34)39-32(37)26-18-15-23(12-10-6-4-2)28(33)30(26)35/h13-20H,3-12,21H2,1-2H3. The molecule has 0 heterocycles. The molecule has 0 spiro atoms. The summed E-state index contributed by atoms with van der Waals surface area (Å²) in [7, 11) is 0. The first-order valence-electron chi connectivity index (χ1n) is 13.8. The molecule has 3 aromatic rings. The largest absolute Gasteiger partial charge is 0.494 e. The van der Waals surface area contributed by atoms with Crippen LogP contribution in [-0.2, 0) is 6.42 Å². The van der Waals surface area contributed by atoms with E-state index in [2.05, 4.69) is 6.92 Å². The molecule has 0 N–H and O–H groups in total. The average molecular weight is 545 g/mol. The number of hydrogen-bond acceptors (Lipinski definition) is 3. The first-order valence-corrected chi connectivity index (χ1v) is 13.8. The van der Waals surface area contributed by atoms with Crippen molar-refractivity contribution in [2.75, 3.05) is 6.61 Å². The van der Waals surface area contributed by atoms with E-state index < -0.39 is 40.6 Å². The Morgan fingerprint density at radius 2 is 1.33 bits per heavy atom. The van der Waals surface area contributed by atoms with Crippen molar-refractivity contribution in [1.29, 1.82) is 0 Å². The minimum absolute atomic E-state index is 0.0385. The molecule has 3 nitrogen and oxygen atoms in total. The van der Waals surface area contributed by atoms with Crippen LogP contribution in [0.3, 0.4) is 0 Å². The van der Waals surface area contributed by atoms with Gasteiger partial charge in [-0.2, -0.15) is 4.39 Å². The minimum Gasteiger partial charge on any atom is -0.494 e. The van der Waals surface area contributed by atoms with Gasteiger partial charge in [-0.05, 0) is 60.7 Å². The monoisotopic (exact) mass is 544 g/mol. The van der Waals surface area contributed by atoms with E-state index in [4.69, 9.17) is 9.47 Å². The van der Waals surface area contributed by atoms with Crippen LogP contribution in [0.1, 0.15) is 87.6 Å². The number of carbonyl (C=O) groups is 1. The first kappa shape index (κ1) is 30.2. The molecule has 0 atom stereocenters. The molecule has 0 saturated heterocycles. The topological polar surface area (TPSA) is 35.5 Å². The van der Waals surface area contributed by atoms with Crippen molar-refractivity contribution in [3.8, 4) is 22.6 Å². The Morgan fingerprint density at radius 3 is 2.05 bits per heavy atom. The second-order valence-electron chi connectivity index (χ2n) is 9.63. The molecule has 3 aromatic carbocycles. The Labute approximate surface area is 228 Å². The van der Waals surface area contributed by atoms with Gasteiger partial charge in [0.15, 0.2) is 23.2 Å². The molecule has 7 heteroatoms. The smallest absolute Gasteiger partial charge is 0.346 e. The predicted octanol–water partition coefficient (Wildman–Crippen LogP) is 9.60. The van der Waals surface area contributed by atoms with Gasteiger partial charge in [0.25, 0.3) is 0 Å². The van der Waals surface area contributed by atoms with Crippen LogP contribution in [0.4, 0.5) is 17.6 Å². The molecule has 210 valence electrons. The van der Waals surface area contributed by atoms with Gasteiger partial charge in [-0.25, -0.2) is 18.0 Å². The summed E-state index contributed by atoms with van der Waals surface area (Å²) >= 11 is 0. The number of hydrogen-bond donors (Lipinski definition) is 0. The molecule has 0 aliphatic carbocycles. The number of unbranched alkanes of at least 4 members (excludes halogenated alkanes) is 7. The van der Waals surface area contributed by atoms with Gasteiger partial charge >= 0.3 is 5.97 Å². The van der Waals surface area contributed by atoms with Crippen molar-refractivity contribution in [3.63, 3.8) is 0 Å². The van der Waals surface area contributed by atoms with Crippen LogP contribution in [0.5, 0.6) is 11.5 Å². The lowest BCUT2D eigenvalue weighted by Gasteiger charge is -2.12. The number of ether oxygens (including phenoxy) is 2. The zero-order chi connectivity index (χ0) is 28.2. The Balaban J connectivity index is 1.63. The normalized spacial score (nSPS) is 11.0. The maximum absolute atomic E-state index is 14.9. The Kier molecular flexibility index (Phi) is 11.8. The van der Waals surface area contributed by atoms with Gasteiger partial charge in [0.2, 0.25) is 5.82 Å². The lowest BCUT2D eigenvalue weighted by molar-refractivity contribution is 0.0720. The van der Waals surface area contributed by atoms with Crippen molar-refractivity contribution < 1.29 is 31.8 Å². The van der Waals surface area contributed by atoms with Crippen molar-refractivity contribution in [2.24, 2.45) is 0 Å². The molecule has 0 unspecified atom stereocenters. The zero-order valence-electron chi connectivity index (χ0n) is 22.6. The van der Waals surface area contributed by atoms with E-state index in [0.717, 1.165) is 37.8 Å². The zero-order valence-corrected chi connectivity index (χ0v) is 22.6. The summed E-state index contributed by atoms with van der Waals surface area (Å²) in [5.41, 5.74) is -0.170. The summed E-state index contributed by atoms with van der Waals surface area (Å²) in [6.07, 6.45) is 9.72. The second kappa shape index (κ2) is 15.3. The number of halogens is 4. The highest BCUT2D eigenvalue weighted by molar-refractivity contribution is 5.91. The van der Waals surface area contributed by atoms with E-state index in [0.29, 0.717) is 30.8 Å². The van der Waals surface area contributed by atoms with Gasteiger partial charge in [-0.1, -0.05) is 77.0 Å². The molecule has 0 fully saturated rings. The molecule has 0 bridgehead atoms. The van der Waals surface area contributed by atoms with Gasteiger partial charge in [-0.3, -0.25) is 0 Å². The Bertz CT molecular complexity index is 1230. The van der Waals surface area contributed by atoms with Crippen molar-refractivity contribution in [3.05, 3.63) is 82.9 Å². The van der Waals surface area contributed by atoms with Crippen molar-refractivity contribution in [1.82, 2.24) is 0 Å². The highest BCUT2D eigenvalue weighted by Gasteiger charge is 2.23. The van der Waals surface area contributed by atoms with E-state index in [-0.39, 0.29) is 11.1 Å². The number of carbonyl (C=O) groups excluding carboxylic acids is 1. The van der Waals surface area contributed by atoms with Crippen LogP contribution in [-0.4, -0.2) is 12.6 Å². The molecule has 0 aliphatic rings. The first-order chi connectivity index (χ1) is 18.9. The molecule has 0 amide bonds. The van der Waals surface area contributed by atoms with Gasteiger partial charge in [0, 0.05) is 5.56 Å². The third kappa shape index (κ3) is 8.32. The molecule has 0 saturated carbocycles. The average Bonchev–Trinajstić information content (AvgIpc) is 2.94. The third-order valence-electron chi connectivity index (χ3n) is 6.61. The fourth-order valence-electron chi connectivity index (χ4n) is 4.30. The summed E-state index contributed by atoms with van der Waals surface area (Å²) in [5, 5.41) is 0. The second-order valence-corrected chi connectivity index (χ2v) is 9.63. The number of esters is 1. The number of benzene rings is 3. The molecule has 39 heavy (non-hydrogen) atoms. The van der Waals surface area contributed by atoms with E-state index in [1.165, 1.54) is 37.8 Å². The SMILES string of the molecule is CCCCCCCCOc1ccc(-c2ccc(OC(=O)c3ccc(CCCCC)c(F)c3F)c(F)c2F)cc1. The number of rotatable bonds is 15. The van der Waals surface area contributed by atoms with Crippen LogP contribution in [0.2, 0.25) is 0 Å². The van der Waals surface area contributed by atoms with Gasteiger partial charge in [0.05, 0.1) is 12.2 Å². The molecular formula is C32H36F4O3. The van der Waals surface area contributed by atoms with Crippen LogP contribution < -0.4 is 9.47 Å². The van der Waals surface area contributed by atoms with Crippen LogP contribution >= 0.6 is 0 Å². The third-order valence-corrected chi connectivity index (χ3v) is 6.61. The summed E-state index contributed by atoms with van der Waals surface area (Å²) < 4.78 is 69.3. The van der Waals surface area contributed by atoms with Crippen molar-refractivity contribution >= 4 is 5.97 Å². The summed E-state index contributed by atoms with van der Waals surface area (Å²) in [4.78, 5) is 12.5. The number of aryl methyl sites for hydroxylation is 1. The predicted molar refractivity (Wildman–Crippen MR) is 145 cm³/mol. The fourth-order valence-corrected chi connectivity index (χ4v) is 4.30. The lowest BCUT2D eigenvalue weighted by atomic mass is 10.0. The van der Waals surface area contributed by atoms with Crippen LogP contribution in [0, 0.1) is 23.3 Å². The van der Waals surface area contributed by atoms with Gasteiger partial charge < -0.3 is 9.47 Å². The van der Waals surface area contributed by atoms with Crippen LogP contribution in [0.25, 0.3) is 11.1 Å². The highest BCUT2D eigenvalue weighted by atomic mass is 19.2. The molecule has 0 aromatic heterocycles.